The van der Waals surface area contributed by atoms with Gasteiger partial charge < -0.3 is 9.84 Å². The van der Waals surface area contributed by atoms with Crippen LogP contribution in [-0.2, 0) is 13.0 Å². The Morgan fingerprint density at radius 2 is 2.17 bits per heavy atom. The van der Waals surface area contributed by atoms with E-state index in [0.717, 1.165) is 55.6 Å². The standard InChI is InChI=1S/C16H25N5OS/c1-11(17-3)8-15-19-16(22-20-15)13-4-6-21(7-5-13)9-14-10-23-12(2)18-14/h10-11,13,17H,4-9H2,1-3H3. The van der Waals surface area contributed by atoms with Gasteiger partial charge in [0, 0.05) is 30.3 Å². The molecule has 1 unspecified atom stereocenters. The predicted octanol–water partition coefficient (Wildman–Crippen LogP) is 2.36. The van der Waals surface area contributed by atoms with Gasteiger partial charge in [-0.3, -0.25) is 4.90 Å². The number of hydrogen-bond donors (Lipinski definition) is 1. The van der Waals surface area contributed by atoms with Gasteiger partial charge in [-0.2, -0.15) is 4.98 Å². The molecule has 1 N–H and O–H groups in total. The van der Waals surface area contributed by atoms with Gasteiger partial charge in [0.05, 0.1) is 10.7 Å². The molecule has 0 bridgehead atoms. The number of likely N-dealkylation sites (tertiary alicyclic amines) is 1. The predicted molar refractivity (Wildman–Crippen MR) is 90.6 cm³/mol. The zero-order chi connectivity index (χ0) is 16.2. The molecule has 6 nitrogen and oxygen atoms in total. The first-order valence-corrected chi connectivity index (χ1v) is 9.15. The first-order valence-electron chi connectivity index (χ1n) is 8.27. The maximum atomic E-state index is 5.49. The number of hydrogen-bond acceptors (Lipinski definition) is 7. The first kappa shape index (κ1) is 16.5. The zero-order valence-corrected chi connectivity index (χ0v) is 14.9. The number of thiazole rings is 1. The molecule has 2 aromatic heterocycles. The van der Waals surface area contributed by atoms with Crippen LogP contribution < -0.4 is 5.32 Å². The second-order valence-corrected chi connectivity index (χ2v) is 7.41. The summed E-state index contributed by atoms with van der Waals surface area (Å²) in [6.07, 6.45) is 2.96. The fraction of sp³-hybridized carbons (Fsp3) is 0.688. The largest absolute Gasteiger partial charge is 0.339 e. The molecule has 1 atom stereocenters. The molecule has 0 aromatic carbocycles. The fourth-order valence-electron chi connectivity index (χ4n) is 2.94. The Morgan fingerprint density at radius 3 is 2.83 bits per heavy atom. The summed E-state index contributed by atoms with van der Waals surface area (Å²) in [6.45, 7) is 7.25. The van der Waals surface area contributed by atoms with Crippen LogP contribution in [-0.4, -0.2) is 46.2 Å². The van der Waals surface area contributed by atoms with Crippen molar-refractivity contribution in [1.82, 2.24) is 25.3 Å². The molecule has 0 aliphatic carbocycles. The normalized spacial score (nSPS) is 18.4. The Balaban J connectivity index is 1.50. The van der Waals surface area contributed by atoms with Crippen molar-refractivity contribution in [2.75, 3.05) is 20.1 Å². The highest BCUT2D eigenvalue weighted by Crippen LogP contribution is 2.27. The second kappa shape index (κ2) is 7.51. The molecule has 1 fully saturated rings. The molecule has 3 rings (SSSR count). The lowest BCUT2D eigenvalue weighted by molar-refractivity contribution is 0.186. The Bertz CT molecular complexity index is 618. The number of nitrogens with one attached hydrogen (secondary N) is 1. The van der Waals surface area contributed by atoms with Crippen molar-refractivity contribution in [3.05, 3.63) is 27.8 Å². The van der Waals surface area contributed by atoms with Crippen molar-refractivity contribution in [1.29, 1.82) is 0 Å². The van der Waals surface area contributed by atoms with Gasteiger partial charge in [0.1, 0.15) is 0 Å². The van der Waals surface area contributed by atoms with E-state index in [1.54, 1.807) is 11.3 Å². The van der Waals surface area contributed by atoms with Crippen molar-refractivity contribution >= 4 is 11.3 Å². The van der Waals surface area contributed by atoms with Gasteiger partial charge in [0.2, 0.25) is 5.89 Å². The molecule has 2 aromatic rings. The van der Waals surface area contributed by atoms with Gasteiger partial charge in [-0.1, -0.05) is 5.16 Å². The summed E-state index contributed by atoms with van der Waals surface area (Å²) in [4.78, 5) is 11.6. The molecule has 3 heterocycles. The maximum Gasteiger partial charge on any atom is 0.229 e. The average molecular weight is 335 g/mol. The molecular weight excluding hydrogens is 310 g/mol. The number of likely N-dealkylation sites (N-methyl/N-ethyl adjacent to an activating group) is 1. The molecule has 1 aliphatic rings. The van der Waals surface area contributed by atoms with E-state index in [0.29, 0.717) is 12.0 Å². The summed E-state index contributed by atoms with van der Waals surface area (Å²) in [5, 5.41) is 10.6. The highest BCUT2D eigenvalue weighted by Gasteiger charge is 2.25. The molecule has 0 amide bonds. The minimum absolute atomic E-state index is 0.365. The Labute approximate surface area is 141 Å². The summed E-state index contributed by atoms with van der Waals surface area (Å²) in [6, 6.07) is 0.365. The number of nitrogens with zero attached hydrogens (tertiary/aromatic N) is 4. The maximum absolute atomic E-state index is 5.49. The van der Waals surface area contributed by atoms with Crippen molar-refractivity contribution in [3.63, 3.8) is 0 Å². The van der Waals surface area contributed by atoms with Gasteiger partial charge >= 0.3 is 0 Å². The third kappa shape index (κ3) is 4.37. The van der Waals surface area contributed by atoms with Crippen LogP contribution in [0.15, 0.2) is 9.90 Å². The van der Waals surface area contributed by atoms with Gasteiger partial charge in [0.25, 0.3) is 0 Å². The van der Waals surface area contributed by atoms with Crippen molar-refractivity contribution < 1.29 is 4.52 Å². The Hall–Kier alpha value is -1.31. The lowest BCUT2D eigenvalue weighted by Gasteiger charge is -2.29. The summed E-state index contributed by atoms with van der Waals surface area (Å²) in [7, 11) is 1.95. The number of piperidine rings is 1. The molecule has 1 aliphatic heterocycles. The minimum atomic E-state index is 0.365. The van der Waals surface area contributed by atoms with E-state index >= 15 is 0 Å². The summed E-state index contributed by atoms with van der Waals surface area (Å²) >= 11 is 1.72. The molecule has 0 spiro atoms. The van der Waals surface area contributed by atoms with Gasteiger partial charge in [0.15, 0.2) is 5.82 Å². The van der Waals surface area contributed by atoms with Gasteiger partial charge in [-0.25, -0.2) is 4.98 Å². The van der Waals surface area contributed by atoms with E-state index < -0.39 is 0 Å². The lowest BCUT2D eigenvalue weighted by Crippen LogP contribution is -2.32. The smallest absolute Gasteiger partial charge is 0.229 e. The van der Waals surface area contributed by atoms with Crippen LogP contribution in [0, 0.1) is 6.92 Å². The molecule has 1 saturated heterocycles. The molecule has 126 valence electrons. The van der Waals surface area contributed by atoms with Gasteiger partial charge in [-0.05, 0) is 46.8 Å². The zero-order valence-electron chi connectivity index (χ0n) is 14.1. The third-order valence-corrected chi connectivity index (χ3v) is 5.28. The van der Waals surface area contributed by atoms with Crippen LogP contribution >= 0.6 is 11.3 Å². The number of rotatable bonds is 6. The monoisotopic (exact) mass is 335 g/mol. The van der Waals surface area contributed by atoms with Crippen molar-refractivity contribution in [2.45, 2.75) is 51.6 Å². The average Bonchev–Trinajstić information content (AvgIpc) is 3.17. The van der Waals surface area contributed by atoms with E-state index in [9.17, 15) is 0 Å². The highest BCUT2D eigenvalue weighted by atomic mass is 32.1. The SMILES string of the molecule is CNC(C)Cc1noc(C2CCN(Cc3csc(C)n3)CC2)n1. The van der Waals surface area contributed by atoms with Crippen LogP contribution in [0.4, 0.5) is 0 Å². The summed E-state index contributed by atoms with van der Waals surface area (Å²) in [5.41, 5.74) is 1.19. The van der Waals surface area contributed by atoms with E-state index in [1.165, 1.54) is 5.69 Å². The first-order chi connectivity index (χ1) is 11.1. The molecule has 0 radical (unpaired) electrons. The van der Waals surface area contributed by atoms with Crippen LogP contribution in [0.5, 0.6) is 0 Å². The van der Waals surface area contributed by atoms with Crippen molar-refractivity contribution in [2.24, 2.45) is 0 Å². The van der Waals surface area contributed by atoms with E-state index in [1.807, 2.05) is 7.05 Å². The van der Waals surface area contributed by atoms with Crippen LogP contribution in [0.3, 0.4) is 0 Å². The quantitative estimate of drug-likeness (QED) is 0.874. The second-order valence-electron chi connectivity index (χ2n) is 6.35. The van der Waals surface area contributed by atoms with Crippen LogP contribution in [0.1, 0.15) is 48.1 Å². The molecular formula is C16H25N5OS. The summed E-state index contributed by atoms with van der Waals surface area (Å²) < 4.78 is 5.49. The lowest BCUT2D eigenvalue weighted by atomic mass is 9.96. The van der Waals surface area contributed by atoms with Crippen LogP contribution in [0.25, 0.3) is 0 Å². The Morgan fingerprint density at radius 1 is 1.39 bits per heavy atom. The van der Waals surface area contributed by atoms with Gasteiger partial charge in [-0.15, -0.1) is 11.3 Å². The minimum Gasteiger partial charge on any atom is -0.339 e. The molecule has 7 heteroatoms. The van der Waals surface area contributed by atoms with E-state index in [-0.39, 0.29) is 0 Å². The summed E-state index contributed by atoms with van der Waals surface area (Å²) in [5.74, 6) is 2.02. The van der Waals surface area contributed by atoms with E-state index in [4.69, 9.17) is 4.52 Å². The molecule has 23 heavy (non-hydrogen) atoms. The highest BCUT2D eigenvalue weighted by molar-refractivity contribution is 7.09. The third-order valence-electron chi connectivity index (χ3n) is 4.45. The van der Waals surface area contributed by atoms with Crippen LogP contribution in [0.2, 0.25) is 0 Å². The van der Waals surface area contributed by atoms with Crippen molar-refractivity contribution in [3.8, 4) is 0 Å². The number of aromatic nitrogens is 3. The fourth-order valence-corrected chi connectivity index (χ4v) is 3.54. The number of aryl methyl sites for hydroxylation is 1. The Kier molecular flexibility index (Phi) is 5.40. The topological polar surface area (TPSA) is 67.1 Å². The molecule has 0 saturated carbocycles. The van der Waals surface area contributed by atoms with E-state index in [2.05, 4.69) is 44.6 Å².